The predicted octanol–water partition coefficient (Wildman–Crippen LogP) is 7.68. The van der Waals surface area contributed by atoms with Crippen LogP contribution in [0.2, 0.25) is 0 Å². The molecular formula is C36H15BF20O3S. The van der Waals surface area contributed by atoms with Gasteiger partial charge in [-0.3, -0.25) is 9.59 Å². The fourth-order valence-electron chi connectivity index (χ4n) is 6.30. The first-order valence-corrected chi connectivity index (χ1v) is 18.3. The number of hydrogen-bond acceptors (Lipinski definition) is 3. The van der Waals surface area contributed by atoms with E-state index in [0.29, 0.717) is 11.1 Å². The molecule has 5 rings (SSSR count). The molecule has 326 valence electrons. The number of carbonyl (C=O) groups excluding carboxylic acids is 2. The zero-order valence-corrected chi connectivity index (χ0v) is 30.6. The first-order chi connectivity index (χ1) is 28.0. The molecule has 0 saturated heterocycles. The minimum absolute atomic E-state index is 0.0166. The van der Waals surface area contributed by atoms with Gasteiger partial charge in [-0.15, -0.1) is 26.1 Å². The van der Waals surface area contributed by atoms with Gasteiger partial charge in [0.25, 0.3) is 0 Å². The first-order valence-electron chi connectivity index (χ1n) is 15.8. The average Bonchev–Trinajstić information content (AvgIpc) is 3.20. The molecule has 5 aromatic carbocycles. The third kappa shape index (κ3) is 7.75. The lowest BCUT2D eigenvalue weighted by Crippen LogP contribution is -2.81. The van der Waals surface area contributed by atoms with E-state index in [1.807, 2.05) is 0 Å². The van der Waals surface area contributed by atoms with Gasteiger partial charge in [0.15, 0.2) is 81.3 Å². The van der Waals surface area contributed by atoms with Gasteiger partial charge >= 0.3 is 0 Å². The van der Waals surface area contributed by atoms with Crippen LogP contribution in [-0.4, -0.2) is 36.0 Å². The van der Waals surface area contributed by atoms with E-state index >= 15 is 35.1 Å². The van der Waals surface area contributed by atoms with E-state index in [2.05, 4.69) is 0 Å². The average molecular weight is 918 g/mol. The summed E-state index contributed by atoms with van der Waals surface area (Å²) in [4.78, 5) is 23.2. The van der Waals surface area contributed by atoms with E-state index in [1.54, 1.807) is 36.8 Å². The second-order valence-corrected chi connectivity index (χ2v) is 16.1. The van der Waals surface area contributed by atoms with Gasteiger partial charge in [-0.1, -0.05) is 24.3 Å². The summed E-state index contributed by atoms with van der Waals surface area (Å²) < 4.78 is 305. The molecule has 0 spiro atoms. The number of benzene rings is 5. The molecule has 25 heteroatoms. The number of carbonyl (C=O) groups is 2. The maximum atomic E-state index is 15.4. The molecule has 0 aliphatic rings. The summed E-state index contributed by atoms with van der Waals surface area (Å²) in [5, 5.41) is 0. The van der Waals surface area contributed by atoms with Crippen molar-refractivity contribution in [1.82, 2.24) is 0 Å². The summed E-state index contributed by atoms with van der Waals surface area (Å²) in [6, 6.07) is 6.63. The zero-order chi connectivity index (χ0) is 46.7. The Labute approximate surface area is 327 Å². The van der Waals surface area contributed by atoms with Gasteiger partial charge in [0.2, 0.25) is 5.78 Å². The number of halogens is 20. The monoisotopic (exact) mass is 918 g/mol. The fourth-order valence-corrected chi connectivity index (χ4v) is 7.09. The fraction of sp³-hybridized carbons (Fsp3) is 0.111. The highest BCUT2D eigenvalue weighted by Gasteiger charge is 2.52. The number of hydrogen-bond donors (Lipinski definition) is 0. The quantitative estimate of drug-likeness (QED) is 0.0402. The van der Waals surface area contributed by atoms with Gasteiger partial charge in [0.05, 0.1) is 9.93 Å². The third-order valence-corrected chi connectivity index (χ3v) is 9.75. The van der Waals surface area contributed by atoms with Crippen LogP contribution in [0.3, 0.4) is 0 Å². The molecule has 61 heavy (non-hydrogen) atoms. The molecule has 0 N–H and O–H groups in total. The van der Waals surface area contributed by atoms with Crippen molar-refractivity contribution in [3.63, 3.8) is 0 Å². The van der Waals surface area contributed by atoms with Gasteiger partial charge in [-0.05, 0) is 6.92 Å². The molecule has 0 aromatic heterocycles. The van der Waals surface area contributed by atoms with Crippen molar-refractivity contribution in [2.45, 2.75) is 6.92 Å². The normalized spacial score (nSPS) is 11.8. The van der Waals surface area contributed by atoms with Crippen LogP contribution in [0.5, 0.6) is 0 Å². The summed E-state index contributed by atoms with van der Waals surface area (Å²) >= 11 is 0. The van der Waals surface area contributed by atoms with Gasteiger partial charge in [0, 0.05) is 11.1 Å². The van der Waals surface area contributed by atoms with Crippen LogP contribution >= 0.6 is 0 Å². The Kier molecular flexibility index (Phi) is 13.3. The second kappa shape index (κ2) is 17.0. The van der Waals surface area contributed by atoms with E-state index < -0.39 is 154 Å². The van der Waals surface area contributed by atoms with Crippen molar-refractivity contribution >= 4 is 49.5 Å². The van der Waals surface area contributed by atoms with Crippen molar-refractivity contribution in [3.05, 3.63) is 152 Å². The highest BCUT2D eigenvalue weighted by Crippen LogP contribution is 2.31. The van der Waals surface area contributed by atoms with E-state index in [0.717, 1.165) is 0 Å². The van der Waals surface area contributed by atoms with Crippen LogP contribution in [0.1, 0.15) is 27.6 Å². The van der Waals surface area contributed by atoms with Crippen LogP contribution in [0.15, 0.2) is 24.3 Å². The van der Waals surface area contributed by atoms with E-state index in [1.165, 1.54) is 6.92 Å². The molecule has 3 nitrogen and oxygen atoms in total. The molecule has 0 bridgehead atoms. The van der Waals surface area contributed by atoms with Crippen LogP contribution < -0.4 is 21.9 Å². The largest absolute Gasteiger partial charge is 0.294 e. The Hall–Kier alpha value is -5.75. The highest BCUT2D eigenvalue weighted by molar-refractivity contribution is 8.02. The Morgan fingerprint density at radius 2 is 0.590 bits per heavy atom. The van der Waals surface area contributed by atoms with Crippen LogP contribution in [0.4, 0.5) is 87.8 Å². The summed E-state index contributed by atoms with van der Waals surface area (Å²) in [5.41, 5.74) is -13.6. The predicted molar refractivity (Wildman–Crippen MR) is 175 cm³/mol. The maximum Gasteiger partial charge on any atom is 0.212 e. The lowest BCUT2D eigenvalue weighted by molar-refractivity contribution is 0.0982. The van der Waals surface area contributed by atoms with Gasteiger partial charge in [0.1, 0.15) is 65.2 Å². The summed E-state index contributed by atoms with van der Waals surface area (Å²) in [6.07, 6.45) is -4.13. The molecule has 0 aliphatic heterocycles. The van der Waals surface area contributed by atoms with Crippen LogP contribution in [0, 0.1) is 116 Å². The Balaban J connectivity index is 0.000000430. The van der Waals surface area contributed by atoms with Gasteiger partial charge in [-0.25, -0.2) is 87.8 Å². The molecule has 0 saturated carbocycles. The third-order valence-electron chi connectivity index (χ3n) is 8.79. The van der Waals surface area contributed by atoms with Crippen molar-refractivity contribution in [3.8, 4) is 0 Å². The Morgan fingerprint density at radius 1 is 0.393 bits per heavy atom. The van der Waals surface area contributed by atoms with Crippen molar-refractivity contribution in [2.24, 2.45) is 0 Å². The molecule has 0 aliphatic carbocycles. The molecule has 0 atom stereocenters. The van der Waals surface area contributed by atoms with Crippen LogP contribution in [0.25, 0.3) is 0 Å². The first kappa shape index (κ1) is 47.9. The zero-order valence-electron chi connectivity index (χ0n) is 29.8. The van der Waals surface area contributed by atoms with Gasteiger partial charge < -0.3 is 0 Å². The standard InChI is InChI=1S/C24BF20.C12H15O3S/c26-5-1(6(27)14(35)21(42)13(5)34)25(2-7(28)15(36)22(43)16(37)8(2)29,3-9(30)17(38)23(44)18(39)10(3)31)4-11(32)19(40)24(45)20(41)12(4)33;1-9(13)10-6-4-5-7-11(10)12(14)8-16(2,3)15/h;4-7H,8H2,1-3H3/q-1;+1. The van der Waals surface area contributed by atoms with Crippen LogP contribution in [-0.2, 0) is 14.1 Å². The Morgan fingerprint density at radius 3 is 0.787 bits per heavy atom. The molecule has 5 aromatic rings. The van der Waals surface area contributed by atoms with E-state index in [4.69, 9.17) is 0 Å². The summed E-state index contributed by atoms with van der Waals surface area (Å²) in [7, 11) is -2.12. The number of ketones is 2. The van der Waals surface area contributed by atoms with Crippen molar-refractivity contribution in [2.75, 3.05) is 18.3 Å². The molecule has 0 unspecified atom stereocenters. The lowest BCUT2D eigenvalue weighted by Gasteiger charge is -2.44. The molecule has 0 fully saturated rings. The SMILES string of the molecule is CC(=O)c1ccccc1C(=O)C[S+](C)(C)=O.Fc1c(F)c(F)c([B-](c2c(F)c(F)c(F)c(F)c2F)(c2c(F)c(F)c(F)c(F)c2F)c2c(F)c(F)c(F)c(F)c2F)c(F)c1F. The van der Waals surface area contributed by atoms with Crippen molar-refractivity contribution in [1.29, 1.82) is 0 Å². The molecule has 0 radical (unpaired) electrons. The Bertz CT molecular complexity index is 2350. The van der Waals surface area contributed by atoms with E-state index in [9.17, 15) is 66.5 Å². The summed E-state index contributed by atoms with van der Waals surface area (Å²) in [6.45, 7) is 1.42. The second-order valence-electron chi connectivity index (χ2n) is 12.9. The van der Waals surface area contributed by atoms with Crippen molar-refractivity contribution < 1.29 is 102 Å². The maximum absolute atomic E-state index is 15.4. The number of Topliss-reactive ketones (excluding diaryl/α,β-unsaturated/α-hetero) is 2. The number of rotatable bonds is 8. The topological polar surface area (TPSA) is 51.2 Å². The van der Waals surface area contributed by atoms with Gasteiger partial charge in [-0.2, -0.15) is 0 Å². The lowest BCUT2D eigenvalue weighted by atomic mass is 9.12. The minimum atomic E-state index is -7.22. The minimum Gasteiger partial charge on any atom is -0.294 e. The molecule has 0 heterocycles. The molecular weight excluding hydrogens is 903 g/mol. The molecule has 0 amide bonds. The summed E-state index contributed by atoms with van der Waals surface area (Å²) in [5.74, 6) is -71.8. The smallest absolute Gasteiger partial charge is 0.212 e. The highest BCUT2D eigenvalue weighted by atomic mass is 32.2. The van der Waals surface area contributed by atoms with E-state index in [-0.39, 0.29) is 17.3 Å².